The molecule has 0 aliphatic carbocycles. The van der Waals surface area contributed by atoms with E-state index in [1.807, 2.05) is 12.3 Å². The molecule has 0 unspecified atom stereocenters. The zero-order valence-corrected chi connectivity index (χ0v) is 17.1. The predicted molar refractivity (Wildman–Crippen MR) is 118 cm³/mol. The maximum Gasteiger partial charge on any atom is 0.339 e. The zero-order chi connectivity index (χ0) is 20.9. The van der Waals surface area contributed by atoms with Crippen LogP contribution in [0.1, 0.15) is 29.3 Å². The second-order valence-corrected chi connectivity index (χ2v) is 7.57. The first kappa shape index (κ1) is 20.0. The number of pyridine rings is 2. The Bertz CT molecular complexity index is 992. The number of benzene rings is 1. The average molecular weight is 402 g/mol. The lowest BCUT2D eigenvalue weighted by atomic mass is 10.0. The third kappa shape index (κ3) is 4.33. The van der Waals surface area contributed by atoms with Crippen LogP contribution in [0.2, 0.25) is 0 Å². The van der Waals surface area contributed by atoms with Gasteiger partial charge in [-0.25, -0.2) is 9.78 Å². The number of aromatic nitrogens is 2. The third-order valence-electron chi connectivity index (χ3n) is 5.74. The predicted octanol–water partition coefficient (Wildman–Crippen LogP) is 3.94. The Morgan fingerprint density at radius 3 is 2.63 bits per heavy atom. The topological polar surface area (TPSA) is 69.6 Å². The number of likely N-dealkylation sites (N-methyl/N-ethyl adjacent to an activating group) is 1. The van der Waals surface area contributed by atoms with Crippen LogP contribution >= 0.6 is 0 Å². The van der Waals surface area contributed by atoms with Gasteiger partial charge in [0.15, 0.2) is 0 Å². The molecule has 1 N–H and O–H groups in total. The number of nitrogens with zero attached hydrogens (tertiary/aromatic N) is 4. The van der Waals surface area contributed by atoms with Crippen molar-refractivity contribution in [3.63, 3.8) is 0 Å². The highest BCUT2D eigenvalue weighted by atomic mass is 16.4. The molecular weight excluding hydrogens is 376 g/mol. The first-order valence-electron chi connectivity index (χ1n) is 10.3. The zero-order valence-electron chi connectivity index (χ0n) is 17.1. The molecule has 1 aromatic carbocycles. The standard InChI is InChI=1S/C24H26N4O2/c1-2-27(16-18-7-9-19(10-8-18)20-5-3-12-25-15-20)21-11-14-28(17-21)23-22(24(29)30)6-4-13-26-23/h3-10,12-13,15,21H,2,11,14,16-17H2,1H3,(H,29,30)/t21-/m1/s1. The summed E-state index contributed by atoms with van der Waals surface area (Å²) >= 11 is 0. The Morgan fingerprint density at radius 1 is 1.13 bits per heavy atom. The average Bonchev–Trinajstić information content (AvgIpc) is 3.28. The van der Waals surface area contributed by atoms with Gasteiger partial charge >= 0.3 is 5.97 Å². The molecule has 6 nitrogen and oxygen atoms in total. The van der Waals surface area contributed by atoms with Crippen molar-refractivity contribution in [2.75, 3.05) is 24.5 Å². The van der Waals surface area contributed by atoms with Crippen molar-refractivity contribution in [3.8, 4) is 11.1 Å². The summed E-state index contributed by atoms with van der Waals surface area (Å²) in [7, 11) is 0. The molecule has 1 aliphatic rings. The van der Waals surface area contributed by atoms with Crippen molar-refractivity contribution in [2.24, 2.45) is 0 Å². The molecule has 1 atom stereocenters. The number of carbonyl (C=O) groups is 1. The number of rotatable bonds is 7. The summed E-state index contributed by atoms with van der Waals surface area (Å²) in [6, 6.07) is 16.3. The maximum atomic E-state index is 11.5. The monoisotopic (exact) mass is 402 g/mol. The van der Waals surface area contributed by atoms with Crippen LogP contribution in [0.5, 0.6) is 0 Å². The van der Waals surface area contributed by atoms with Gasteiger partial charge in [-0.05, 0) is 47.9 Å². The fourth-order valence-corrected chi connectivity index (χ4v) is 4.12. The lowest BCUT2D eigenvalue weighted by Crippen LogP contribution is -2.37. The molecule has 154 valence electrons. The van der Waals surface area contributed by atoms with Crippen LogP contribution in [-0.2, 0) is 6.54 Å². The molecule has 1 fully saturated rings. The molecule has 0 bridgehead atoms. The van der Waals surface area contributed by atoms with E-state index in [0.29, 0.717) is 11.9 Å². The van der Waals surface area contributed by atoms with Crippen molar-refractivity contribution in [1.29, 1.82) is 0 Å². The molecule has 1 aliphatic heterocycles. The molecule has 30 heavy (non-hydrogen) atoms. The highest BCUT2D eigenvalue weighted by molar-refractivity contribution is 5.93. The van der Waals surface area contributed by atoms with Gasteiger partial charge in [0.05, 0.1) is 0 Å². The van der Waals surface area contributed by atoms with Crippen LogP contribution in [0.3, 0.4) is 0 Å². The number of anilines is 1. The number of hydrogen-bond acceptors (Lipinski definition) is 5. The van der Waals surface area contributed by atoms with E-state index < -0.39 is 5.97 Å². The minimum atomic E-state index is -0.928. The van der Waals surface area contributed by atoms with Crippen LogP contribution in [0.15, 0.2) is 67.1 Å². The molecule has 0 amide bonds. The van der Waals surface area contributed by atoms with E-state index in [1.165, 1.54) is 11.1 Å². The Labute approximate surface area is 176 Å². The van der Waals surface area contributed by atoms with E-state index >= 15 is 0 Å². The summed E-state index contributed by atoms with van der Waals surface area (Å²) < 4.78 is 0. The van der Waals surface area contributed by atoms with Crippen molar-refractivity contribution in [1.82, 2.24) is 14.9 Å². The van der Waals surface area contributed by atoms with Crippen LogP contribution in [0, 0.1) is 0 Å². The van der Waals surface area contributed by atoms with Gasteiger partial charge in [0.2, 0.25) is 0 Å². The molecule has 1 saturated heterocycles. The second kappa shape index (κ2) is 9.05. The number of carboxylic acid groups (broad SMARTS) is 1. The van der Waals surface area contributed by atoms with Crippen LogP contribution < -0.4 is 4.90 Å². The number of aromatic carboxylic acids is 1. The van der Waals surface area contributed by atoms with E-state index in [1.54, 1.807) is 24.5 Å². The lowest BCUT2D eigenvalue weighted by Gasteiger charge is -2.28. The van der Waals surface area contributed by atoms with Gasteiger partial charge in [-0.15, -0.1) is 0 Å². The highest BCUT2D eigenvalue weighted by Crippen LogP contribution is 2.26. The molecule has 4 rings (SSSR count). The van der Waals surface area contributed by atoms with Crippen molar-refractivity contribution in [3.05, 3.63) is 78.2 Å². The van der Waals surface area contributed by atoms with Crippen molar-refractivity contribution in [2.45, 2.75) is 25.9 Å². The van der Waals surface area contributed by atoms with E-state index in [2.05, 4.69) is 57.0 Å². The highest BCUT2D eigenvalue weighted by Gasteiger charge is 2.29. The van der Waals surface area contributed by atoms with Gasteiger partial charge in [-0.2, -0.15) is 0 Å². The Hall–Kier alpha value is -3.25. The normalized spacial score (nSPS) is 16.2. The van der Waals surface area contributed by atoms with Crippen molar-refractivity contribution >= 4 is 11.8 Å². The number of carboxylic acids is 1. The van der Waals surface area contributed by atoms with Gasteiger partial charge in [0, 0.05) is 44.3 Å². The summed E-state index contributed by atoms with van der Waals surface area (Å²) in [6.07, 6.45) is 6.32. The van der Waals surface area contributed by atoms with Gasteiger partial charge in [-0.3, -0.25) is 9.88 Å². The minimum absolute atomic E-state index is 0.271. The molecule has 3 heterocycles. The fourth-order valence-electron chi connectivity index (χ4n) is 4.12. The second-order valence-electron chi connectivity index (χ2n) is 7.57. The van der Waals surface area contributed by atoms with E-state index in [9.17, 15) is 9.90 Å². The molecular formula is C24H26N4O2. The van der Waals surface area contributed by atoms with E-state index in [4.69, 9.17) is 0 Å². The molecule has 2 aromatic heterocycles. The molecule has 3 aromatic rings. The van der Waals surface area contributed by atoms with Gasteiger partial charge in [-0.1, -0.05) is 37.3 Å². The quantitative estimate of drug-likeness (QED) is 0.646. The summed E-state index contributed by atoms with van der Waals surface area (Å²) in [6.45, 7) is 5.60. The molecule has 6 heteroatoms. The fraction of sp³-hybridized carbons (Fsp3) is 0.292. The van der Waals surface area contributed by atoms with Gasteiger partial charge in [0.1, 0.15) is 11.4 Å². The van der Waals surface area contributed by atoms with Gasteiger partial charge < -0.3 is 10.0 Å². The molecule has 0 radical (unpaired) electrons. The summed E-state index contributed by atoms with van der Waals surface area (Å²) in [5, 5.41) is 9.47. The summed E-state index contributed by atoms with van der Waals surface area (Å²) in [5.41, 5.74) is 3.82. The molecule has 0 saturated carbocycles. The first-order chi connectivity index (χ1) is 14.7. The Morgan fingerprint density at radius 2 is 1.93 bits per heavy atom. The Balaban J connectivity index is 1.43. The summed E-state index contributed by atoms with van der Waals surface area (Å²) in [4.78, 5) is 24.6. The minimum Gasteiger partial charge on any atom is -0.478 e. The lowest BCUT2D eigenvalue weighted by molar-refractivity contribution is 0.0697. The number of hydrogen-bond donors (Lipinski definition) is 1. The van der Waals surface area contributed by atoms with Crippen LogP contribution in [0.25, 0.3) is 11.1 Å². The first-order valence-corrected chi connectivity index (χ1v) is 10.3. The van der Waals surface area contributed by atoms with Gasteiger partial charge in [0.25, 0.3) is 0 Å². The summed E-state index contributed by atoms with van der Waals surface area (Å²) in [5.74, 6) is -0.355. The third-order valence-corrected chi connectivity index (χ3v) is 5.74. The van der Waals surface area contributed by atoms with E-state index in [-0.39, 0.29) is 5.56 Å². The SMILES string of the molecule is CCN(Cc1ccc(-c2cccnc2)cc1)[C@@H]1CCN(c2ncccc2C(=O)O)C1. The van der Waals surface area contributed by atoms with Crippen molar-refractivity contribution < 1.29 is 9.90 Å². The molecule has 0 spiro atoms. The van der Waals surface area contributed by atoms with Crippen LogP contribution in [0.4, 0.5) is 5.82 Å². The maximum absolute atomic E-state index is 11.5. The van der Waals surface area contributed by atoms with E-state index in [0.717, 1.165) is 38.2 Å². The van der Waals surface area contributed by atoms with Crippen LogP contribution in [-0.4, -0.2) is 51.6 Å². The Kier molecular flexibility index (Phi) is 6.05. The smallest absolute Gasteiger partial charge is 0.339 e. The largest absolute Gasteiger partial charge is 0.478 e.